The van der Waals surface area contributed by atoms with E-state index in [0.29, 0.717) is 17.0 Å². The molecule has 4 aromatic rings. The Morgan fingerprint density at radius 1 is 0.702 bits per heavy atom. The molecule has 47 heavy (non-hydrogen) atoms. The quantitative estimate of drug-likeness (QED) is 0.0975. The first-order valence-corrected chi connectivity index (χ1v) is 15.5. The molecule has 2 bridgehead atoms. The molecule has 5 atom stereocenters. The van der Waals surface area contributed by atoms with Crippen molar-refractivity contribution in [1.82, 2.24) is 0 Å². The minimum absolute atomic E-state index is 0.113. The molecule has 0 N–H and O–H groups in total. The number of imide groups is 1. The second kappa shape index (κ2) is 12.3. The molecule has 1 heterocycles. The summed E-state index contributed by atoms with van der Waals surface area (Å²) in [5, 5.41) is 0. The number of carbonyl (C=O) groups excluding carboxylic acids is 5. The highest BCUT2D eigenvalue weighted by molar-refractivity contribution is 6.23. The number of esters is 2. The highest BCUT2D eigenvalue weighted by Crippen LogP contribution is 2.61. The van der Waals surface area contributed by atoms with Crippen LogP contribution in [0.1, 0.15) is 55.4 Å². The summed E-state index contributed by atoms with van der Waals surface area (Å²) in [7, 11) is 1.50. The molecule has 9 heteroatoms. The lowest BCUT2D eigenvalue weighted by Gasteiger charge is -2.28. The van der Waals surface area contributed by atoms with Crippen LogP contribution in [0.25, 0.3) is 0 Å². The van der Waals surface area contributed by atoms with Crippen molar-refractivity contribution in [3.05, 3.63) is 125 Å². The van der Waals surface area contributed by atoms with Gasteiger partial charge in [-0.15, -0.1) is 0 Å². The molecule has 4 aromatic carbocycles. The van der Waals surface area contributed by atoms with E-state index >= 15 is 0 Å². The van der Waals surface area contributed by atoms with Crippen molar-refractivity contribution < 1.29 is 38.2 Å². The minimum Gasteiger partial charge on any atom is -0.497 e. The average molecular weight is 630 g/mol. The number of fused-ring (bicyclic) bond motifs is 5. The largest absolute Gasteiger partial charge is 0.497 e. The summed E-state index contributed by atoms with van der Waals surface area (Å²) < 4.78 is 15.8. The fourth-order valence-electron chi connectivity index (χ4n) is 7.49. The summed E-state index contributed by atoms with van der Waals surface area (Å²) in [6.07, 6.45) is 1.76. The molecular weight excluding hydrogens is 598 g/mol. The number of carbonyl (C=O) groups is 5. The molecule has 9 nitrogen and oxygen atoms in total. The molecule has 0 spiro atoms. The van der Waals surface area contributed by atoms with Crippen LogP contribution in [0.3, 0.4) is 0 Å². The van der Waals surface area contributed by atoms with Crippen molar-refractivity contribution in [2.75, 3.05) is 18.6 Å². The Hall–Kier alpha value is -5.57. The maximum Gasteiger partial charge on any atom is 0.343 e. The van der Waals surface area contributed by atoms with E-state index in [1.807, 2.05) is 18.2 Å². The van der Waals surface area contributed by atoms with E-state index < -0.39 is 24.3 Å². The van der Waals surface area contributed by atoms with Crippen LogP contribution in [0.2, 0.25) is 0 Å². The zero-order valence-electron chi connectivity index (χ0n) is 25.5. The first-order chi connectivity index (χ1) is 22.8. The van der Waals surface area contributed by atoms with Crippen molar-refractivity contribution in [2.45, 2.75) is 18.8 Å². The number of anilines is 1. The third-order valence-electron chi connectivity index (χ3n) is 9.61. The van der Waals surface area contributed by atoms with Crippen LogP contribution in [-0.4, -0.2) is 43.3 Å². The zero-order valence-corrected chi connectivity index (χ0v) is 25.5. The molecule has 3 fully saturated rings. The van der Waals surface area contributed by atoms with Gasteiger partial charge in [0.1, 0.15) is 11.5 Å². The van der Waals surface area contributed by atoms with Crippen molar-refractivity contribution >= 4 is 35.2 Å². The maximum absolute atomic E-state index is 13.7. The lowest BCUT2D eigenvalue weighted by molar-refractivity contribution is -0.123. The molecule has 0 radical (unpaired) electrons. The Balaban J connectivity index is 0.973. The third kappa shape index (κ3) is 5.58. The molecule has 1 saturated heterocycles. The Kier molecular flexibility index (Phi) is 7.89. The van der Waals surface area contributed by atoms with E-state index in [1.54, 1.807) is 36.4 Å². The zero-order chi connectivity index (χ0) is 32.7. The number of benzene rings is 4. The van der Waals surface area contributed by atoms with Crippen LogP contribution in [-0.2, 0) is 14.3 Å². The van der Waals surface area contributed by atoms with E-state index in [-0.39, 0.29) is 58.3 Å². The maximum atomic E-state index is 13.7. The topological polar surface area (TPSA) is 116 Å². The van der Waals surface area contributed by atoms with E-state index in [4.69, 9.17) is 14.2 Å². The second-order valence-corrected chi connectivity index (χ2v) is 12.2. The first-order valence-electron chi connectivity index (χ1n) is 15.5. The van der Waals surface area contributed by atoms with Gasteiger partial charge < -0.3 is 14.2 Å². The number of nitrogens with zero attached hydrogens (tertiary/aromatic N) is 1. The second-order valence-electron chi connectivity index (χ2n) is 12.2. The molecule has 2 aliphatic carbocycles. The minimum atomic E-state index is -0.757. The average Bonchev–Trinajstić information content (AvgIpc) is 3.78. The summed E-state index contributed by atoms with van der Waals surface area (Å²) in [6.45, 7) is -0.526. The van der Waals surface area contributed by atoms with Crippen LogP contribution < -0.4 is 14.4 Å². The number of Topliss-reactive ketones (excluding diaryl/α,β-unsaturated/α-hetero) is 1. The monoisotopic (exact) mass is 629 g/mol. The molecular formula is C38H31NO8. The van der Waals surface area contributed by atoms with Crippen LogP contribution in [0.4, 0.5) is 5.69 Å². The van der Waals surface area contributed by atoms with Gasteiger partial charge in [-0.05, 0) is 96.8 Å². The summed E-state index contributed by atoms with van der Waals surface area (Å²) in [6, 6.07) is 28.8. The molecule has 2 amide bonds. The number of rotatable bonds is 9. The summed E-state index contributed by atoms with van der Waals surface area (Å²) in [5.41, 5.74) is 2.23. The van der Waals surface area contributed by atoms with Gasteiger partial charge in [0.05, 0.1) is 35.8 Å². The van der Waals surface area contributed by atoms with E-state index in [0.717, 1.165) is 12.8 Å². The van der Waals surface area contributed by atoms with Gasteiger partial charge in [-0.3, -0.25) is 19.3 Å². The number of ether oxygens (including phenoxy) is 3. The van der Waals surface area contributed by atoms with E-state index in [1.165, 1.54) is 54.0 Å². The van der Waals surface area contributed by atoms with E-state index in [2.05, 4.69) is 12.1 Å². The predicted octanol–water partition coefficient (Wildman–Crippen LogP) is 5.88. The normalized spacial score (nSPS) is 22.6. The molecule has 3 aliphatic rings. The molecule has 7 rings (SSSR count). The number of ketones is 1. The SMILES string of the molecule is COc1cccc(C(=O)Oc2ccc(C(=O)COC(=O)c3cccc(N4C(=O)[C@H]5[C@H]6C[C@@H]([C@@H]5C4=O)[C@@H](c4ccccc4)C6)c3)cc2)c1. The number of methoxy groups -OCH3 is 1. The molecule has 1 aliphatic heterocycles. The fourth-order valence-corrected chi connectivity index (χ4v) is 7.49. The van der Waals surface area contributed by atoms with Crippen LogP contribution in [0, 0.1) is 23.7 Å². The van der Waals surface area contributed by atoms with Crippen molar-refractivity contribution in [3.63, 3.8) is 0 Å². The highest BCUT2D eigenvalue weighted by Gasteiger charge is 2.64. The summed E-state index contributed by atoms with van der Waals surface area (Å²) >= 11 is 0. The van der Waals surface area contributed by atoms with Gasteiger partial charge in [-0.1, -0.05) is 42.5 Å². The van der Waals surface area contributed by atoms with Gasteiger partial charge in [0.25, 0.3) is 0 Å². The Morgan fingerprint density at radius 2 is 1.40 bits per heavy atom. The molecule has 0 aromatic heterocycles. The third-order valence-corrected chi connectivity index (χ3v) is 9.61. The molecule has 0 unspecified atom stereocenters. The molecule has 2 saturated carbocycles. The number of hydrogen-bond donors (Lipinski definition) is 0. The van der Waals surface area contributed by atoms with Gasteiger partial charge in [-0.2, -0.15) is 0 Å². The Morgan fingerprint density at radius 3 is 2.15 bits per heavy atom. The standard InChI is InChI=1S/C38H31NO8/c1-45-29-12-6-10-25(18-29)38(44)47-28-15-13-23(14-16-28)32(40)21-46-37(43)24-9-5-11-27(17-24)39-35(41)33-26-19-30(22-7-3-2-4-8-22)31(20-26)34(33)36(39)42/h2-18,26,30-31,33-34H,19-21H2,1H3/t26-,30-,31-,33+,34+/m1/s1. The first kappa shape index (κ1) is 30.1. The van der Waals surface area contributed by atoms with Crippen LogP contribution in [0.15, 0.2) is 103 Å². The van der Waals surface area contributed by atoms with E-state index in [9.17, 15) is 24.0 Å². The highest BCUT2D eigenvalue weighted by atomic mass is 16.5. The van der Waals surface area contributed by atoms with Crippen LogP contribution in [0.5, 0.6) is 11.5 Å². The van der Waals surface area contributed by atoms with Crippen molar-refractivity contribution in [2.24, 2.45) is 23.7 Å². The van der Waals surface area contributed by atoms with Crippen molar-refractivity contribution in [1.29, 1.82) is 0 Å². The predicted molar refractivity (Wildman–Crippen MR) is 170 cm³/mol. The van der Waals surface area contributed by atoms with Gasteiger partial charge in [0.2, 0.25) is 11.8 Å². The fraction of sp³-hybridized carbons (Fsp3) is 0.237. The number of amides is 2. The van der Waals surface area contributed by atoms with Gasteiger partial charge in [0, 0.05) is 5.56 Å². The summed E-state index contributed by atoms with van der Waals surface area (Å²) in [4.78, 5) is 66.7. The van der Waals surface area contributed by atoms with Gasteiger partial charge in [0.15, 0.2) is 12.4 Å². The van der Waals surface area contributed by atoms with Gasteiger partial charge in [-0.25, -0.2) is 9.59 Å². The lowest BCUT2D eigenvalue weighted by atomic mass is 9.73. The van der Waals surface area contributed by atoms with Crippen molar-refractivity contribution in [3.8, 4) is 11.5 Å². The molecule has 236 valence electrons. The lowest BCUT2D eigenvalue weighted by Crippen LogP contribution is -2.33. The summed E-state index contributed by atoms with van der Waals surface area (Å²) in [5.74, 6) is -1.64. The smallest absolute Gasteiger partial charge is 0.343 e. The number of hydrogen-bond acceptors (Lipinski definition) is 8. The van der Waals surface area contributed by atoms with Gasteiger partial charge >= 0.3 is 11.9 Å². The van der Waals surface area contributed by atoms with Crippen LogP contribution >= 0.6 is 0 Å². The Bertz CT molecular complexity index is 1890. The Labute approximate surface area is 271 Å².